The van der Waals surface area contributed by atoms with Crippen LogP contribution in [0.5, 0.6) is 0 Å². The van der Waals surface area contributed by atoms with E-state index in [1.165, 1.54) is 5.56 Å². The highest BCUT2D eigenvalue weighted by molar-refractivity contribution is 5.85. The van der Waals surface area contributed by atoms with Crippen molar-refractivity contribution in [1.82, 2.24) is 9.80 Å². The predicted octanol–water partition coefficient (Wildman–Crippen LogP) is 3.07. The number of rotatable bonds is 3. The molecule has 1 spiro atoms. The largest absolute Gasteiger partial charge is 0.357 e. The summed E-state index contributed by atoms with van der Waals surface area (Å²) in [5, 5.41) is 0. The molecular formula is C20H30N2O2. The number of benzene rings is 1. The SMILES string of the molecule is CCN1CC2(CCCN(Cc3ccccc3)CC2)OC(C)(C)C1=O. The van der Waals surface area contributed by atoms with E-state index in [9.17, 15) is 4.79 Å². The fourth-order valence-corrected chi connectivity index (χ4v) is 4.16. The summed E-state index contributed by atoms with van der Waals surface area (Å²) in [5.74, 6) is 0.126. The molecule has 0 bridgehead atoms. The minimum atomic E-state index is -0.705. The second-order valence-electron chi connectivity index (χ2n) is 7.73. The zero-order valence-corrected chi connectivity index (χ0v) is 15.3. The molecule has 4 nitrogen and oxygen atoms in total. The van der Waals surface area contributed by atoms with Gasteiger partial charge in [-0.15, -0.1) is 0 Å². The first-order valence-electron chi connectivity index (χ1n) is 9.20. The van der Waals surface area contributed by atoms with E-state index in [1.54, 1.807) is 0 Å². The zero-order chi connectivity index (χ0) is 17.2. The maximum absolute atomic E-state index is 12.5. The summed E-state index contributed by atoms with van der Waals surface area (Å²) in [7, 11) is 0. The van der Waals surface area contributed by atoms with E-state index in [2.05, 4.69) is 42.2 Å². The number of ether oxygens (including phenoxy) is 1. The highest BCUT2D eigenvalue weighted by Gasteiger charge is 2.49. The predicted molar refractivity (Wildman–Crippen MR) is 95.7 cm³/mol. The number of hydrogen-bond donors (Lipinski definition) is 0. The Hall–Kier alpha value is -1.39. The van der Waals surface area contributed by atoms with Crippen molar-refractivity contribution in [3.05, 3.63) is 35.9 Å². The van der Waals surface area contributed by atoms with E-state index < -0.39 is 5.60 Å². The zero-order valence-electron chi connectivity index (χ0n) is 15.3. The number of likely N-dealkylation sites (N-methyl/N-ethyl adjacent to an activating group) is 1. The molecule has 2 aliphatic heterocycles. The van der Waals surface area contributed by atoms with Crippen LogP contribution in [0.3, 0.4) is 0 Å². The van der Waals surface area contributed by atoms with Gasteiger partial charge in [0.25, 0.3) is 5.91 Å². The second kappa shape index (κ2) is 6.85. The summed E-state index contributed by atoms with van der Waals surface area (Å²) < 4.78 is 6.41. The molecule has 1 unspecified atom stereocenters. The molecule has 2 saturated heterocycles. The standard InChI is InChI=1S/C20H30N2O2/c1-4-22-16-20(24-19(2,3)18(22)23)11-8-13-21(14-12-20)15-17-9-6-5-7-10-17/h5-7,9-10H,4,8,11-16H2,1-3H3. The molecule has 1 atom stereocenters. The Morgan fingerprint density at radius 3 is 2.58 bits per heavy atom. The van der Waals surface area contributed by atoms with E-state index in [0.717, 1.165) is 52.0 Å². The van der Waals surface area contributed by atoms with E-state index in [4.69, 9.17) is 4.74 Å². The Kier molecular flexibility index (Phi) is 4.97. The lowest BCUT2D eigenvalue weighted by molar-refractivity contribution is -0.209. The van der Waals surface area contributed by atoms with Crippen molar-refractivity contribution in [3.63, 3.8) is 0 Å². The Bertz CT molecular complexity index is 572. The van der Waals surface area contributed by atoms with Gasteiger partial charge in [-0.25, -0.2) is 0 Å². The van der Waals surface area contributed by atoms with Crippen molar-refractivity contribution in [2.24, 2.45) is 0 Å². The van der Waals surface area contributed by atoms with Crippen LogP contribution in [0.15, 0.2) is 30.3 Å². The Labute approximate surface area is 145 Å². The van der Waals surface area contributed by atoms with Crippen LogP contribution in [0.25, 0.3) is 0 Å². The first-order chi connectivity index (χ1) is 11.4. The van der Waals surface area contributed by atoms with Gasteiger partial charge in [-0.05, 0) is 52.1 Å². The quantitative estimate of drug-likeness (QED) is 0.854. The minimum absolute atomic E-state index is 0.126. The van der Waals surface area contributed by atoms with Gasteiger partial charge in [-0.1, -0.05) is 30.3 Å². The molecule has 0 radical (unpaired) electrons. The molecule has 2 heterocycles. The van der Waals surface area contributed by atoms with Crippen LogP contribution in [-0.2, 0) is 16.1 Å². The lowest BCUT2D eigenvalue weighted by Crippen LogP contribution is -2.63. The van der Waals surface area contributed by atoms with Crippen molar-refractivity contribution >= 4 is 5.91 Å². The number of nitrogens with zero attached hydrogens (tertiary/aromatic N) is 2. The highest BCUT2D eigenvalue weighted by atomic mass is 16.5. The smallest absolute Gasteiger partial charge is 0.254 e. The van der Waals surface area contributed by atoms with Crippen LogP contribution in [0.4, 0.5) is 0 Å². The summed E-state index contributed by atoms with van der Waals surface area (Å²) in [6.07, 6.45) is 3.15. The fourth-order valence-electron chi connectivity index (χ4n) is 4.16. The molecule has 1 aromatic carbocycles. The van der Waals surface area contributed by atoms with Crippen molar-refractivity contribution in [1.29, 1.82) is 0 Å². The van der Waals surface area contributed by atoms with Crippen molar-refractivity contribution in [3.8, 4) is 0 Å². The average molecular weight is 330 g/mol. The number of likely N-dealkylation sites (tertiary alicyclic amines) is 1. The number of morpholine rings is 1. The van der Waals surface area contributed by atoms with Gasteiger partial charge in [0.15, 0.2) is 0 Å². The van der Waals surface area contributed by atoms with Gasteiger partial charge < -0.3 is 9.64 Å². The molecule has 0 N–H and O–H groups in total. The molecule has 2 aliphatic rings. The highest BCUT2D eigenvalue weighted by Crippen LogP contribution is 2.37. The molecule has 132 valence electrons. The van der Waals surface area contributed by atoms with Gasteiger partial charge in [0.1, 0.15) is 5.60 Å². The van der Waals surface area contributed by atoms with Gasteiger partial charge in [0, 0.05) is 26.2 Å². The van der Waals surface area contributed by atoms with E-state index in [1.807, 2.05) is 18.7 Å². The lowest BCUT2D eigenvalue weighted by atomic mass is 9.88. The third kappa shape index (κ3) is 3.65. The summed E-state index contributed by atoms with van der Waals surface area (Å²) in [4.78, 5) is 17.0. The Morgan fingerprint density at radius 2 is 1.88 bits per heavy atom. The summed E-state index contributed by atoms with van der Waals surface area (Å²) in [6.45, 7) is 10.5. The molecule has 0 aliphatic carbocycles. The van der Waals surface area contributed by atoms with Crippen LogP contribution in [0.1, 0.15) is 45.6 Å². The Balaban J connectivity index is 1.69. The Morgan fingerprint density at radius 1 is 1.12 bits per heavy atom. The van der Waals surface area contributed by atoms with Gasteiger partial charge >= 0.3 is 0 Å². The molecule has 24 heavy (non-hydrogen) atoms. The van der Waals surface area contributed by atoms with Crippen LogP contribution >= 0.6 is 0 Å². The third-order valence-electron chi connectivity index (χ3n) is 5.37. The second-order valence-corrected chi connectivity index (χ2v) is 7.73. The topological polar surface area (TPSA) is 32.8 Å². The number of hydrogen-bond acceptors (Lipinski definition) is 3. The van der Waals surface area contributed by atoms with Crippen molar-refractivity contribution < 1.29 is 9.53 Å². The summed E-state index contributed by atoms with van der Waals surface area (Å²) in [6, 6.07) is 10.7. The van der Waals surface area contributed by atoms with Gasteiger partial charge in [0.2, 0.25) is 0 Å². The molecule has 3 rings (SSSR count). The van der Waals surface area contributed by atoms with E-state index in [-0.39, 0.29) is 11.5 Å². The van der Waals surface area contributed by atoms with Crippen LogP contribution < -0.4 is 0 Å². The molecule has 1 amide bonds. The lowest BCUT2D eigenvalue weighted by Gasteiger charge is -2.49. The third-order valence-corrected chi connectivity index (χ3v) is 5.37. The first kappa shape index (κ1) is 17.4. The van der Waals surface area contributed by atoms with Gasteiger partial charge in [-0.3, -0.25) is 9.69 Å². The van der Waals surface area contributed by atoms with Gasteiger partial charge in [0.05, 0.1) is 5.60 Å². The minimum Gasteiger partial charge on any atom is -0.357 e. The first-order valence-corrected chi connectivity index (χ1v) is 9.20. The van der Waals surface area contributed by atoms with Crippen molar-refractivity contribution in [2.45, 2.75) is 57.8 Å². The molecular weight excluding hydrogens is 300 g/mol. The fraction of sp³-hybridized carbons (Fsp3) is 0.650. The van der Waals surface area contributed by atoms with Crippen LogP contribution in [0.2, 0.25) is 0 Å². The van der Waals surface area contributed by atoms with Crippen LogP contribution in [0, 0.1) is 0 Å². The van der Waals surface area contributed by atoms with Crippen LogP contribution in [-0.4, -0.2) is 53.1 Å². The molecule has 1 aromatic rings. The maximum Gasteiger partial charge on any atom is 0.254 e. The number of amides is 1. The molecule has 0 saturated carbocycles. The normalized spacial score (nSPS) is 28.1. The van der Waals surface area contributed by atoms with E-state index in [0.29, 0.717) is 0 Å². The van der Waals surface area contributed by atoms with Crippen molar-refractivity contribution in [2.75, 3.05) is 26.2 Å². The monoisotopic (exact) mass is 330 g/mol. The maximum atomic E-state index is 12.5. The summed E-state index contributed by atoms with van der Waals surface area (Å²) in [5.41, 5.74) is 0.477. The van der Waals surface area contributed by atoms with E-state index >= 15 is 0 Å². The number of carbonyl (C=O) groups is 1. The molecule has 2 fully saturated rings. The van der Waals surface area contributed by atoms with Gasteiger partial charge in [-0.2, -0.15) is 0 Å². The summed E-state index contributed by atoms with van der Waals surface area (Å²) >= 11 is 0. The molecule has 0 aromatic heterocycles. The average Bonchev–Trinajstić information content (AvgIpc) is 2.74. The molecule has 4 heteroatoms. The number of carbonyl (C=O) groups excluding carboxylic acids is 1.